The lowest BCUT2D eigenvalue weighted by atomic mass is 10.0. The Morgan fingerprint density at radius 1 is 1.32 bits per heavy atom. The second-order valence-electron chi connectivity index (χ2n) is 6.08. The highest BCUT2D eigenvalue weighted by Gasteiger charge is 2.26. The van der Waals surface area contributed by atoms with Crippen LogP contribution in [0.15, 0.2) is 47.6 Å². The lowest BCUT2D eigenvalue weighted by Gasteiger charge is -2.08. The summed E-state index contributed by atoms with van der Waals surface area (Å²) in [5.41, 5.74) is 4.72. The van der Waals surface area contributed by atoms with Crippen LogP contribution in [0.5, 0.6) is 5.75 Å². The number of aromatic amines is 1. The van der Waals surface area contributed by atoms with Gasteiger partial charge in [0.2, 0.25) is 0 Å². The highest BCUT2D eigenvalue weighted by molar-refractivity contribution is 6.03. The van der Waals surface area contributed by atoms with Crippen molar-refractivity contribution in [2.45, 2.75) is 18.8 Å². The van der Waals surface area contributed by atoms with Crippen LogP contribution in [-0.4, -0.2) is 29.4 Å². The molecule has 1 amide bonds. The minimum Gasteiger partial charge on any atom is -0.496 e. The molecule has 3 aromatic rings. The van der Waals surface area contributed by atoms with Crippen LogP contribution < -0.4 is 10.2 Å². The predicted molar refractivity (Wildman–Crippen MR) is 96.1 cm³/mol. The van der Waals surface area contributed by atoms with Gasteiger partial charge in [0.05, 0.1) is 13.3 Å². The molecule has 2 N–H and O–H groups in total. The van der Waals surface area contributed by atoms with Crippen LogP contribution in [0.3, 0.4) is 0 Å². The van der Waals surface area contributed by atoms with Gasteiger partial charge in [0.1, 0.15) is 5.75 Å². The minimum atomic E-state index is -0.335. The molecule has 25 heavy (non-hydrogen) atoms. The molecule has 4 rings (SSSR count). The zero-order valence-corrected chi connectivity index (χ0v) is 13.8. The fraction of sp³-hybridized carbons (Fsp3) is 0.211. The third-order valence-corrected chi connectivity index (χ3v) is 4.36. The fourth-order valence-corrected chi connectivity index (χ4v) is 2.86. The van der Waals surface area contributed by atoms with Gasteiger partial charge in [-0.05, 0) is 35.7 Å². The van der Waals surface area contributed by atoms with Gasteiger partial charge in [-0.3, -0.25) is 9.89 Å². The number of ether oxygens (including phenoxy) is 1. The lowest BCUT2D eigenvalue weighted by molar-refractivity contribution is 0.0950. The number of benzene rings is 2. The molecule has 0 atom stereocenters. The van der Waals surface area contributed by atoms with Gasteiger partial charge in [-0.2, -0.15) is 10.2 Å². The van der Waals surface area contributed by atoms with E-state index in [2.05, 4.69) is 20.7 Å². The average Bonchev–Trinajstić information content (AvgIpc) is 3.38. The first kappa shape index (κ1) is 15.4. The maximum Gasteiger partial charge on any atom is 0.291 e. The first-order chi connectivity index (χ1) is 12.3. The quantitative estimate of drug-likeness (QED) is 0.555. The minimum absolute atomic E-state index is 0.335. The summed E-state index contributed by atoms with van der Waals surface area (Å²) in [6, 6.07) is 13.6. The average molecular weight is 334 g/mol. The number of carbonyl (C=O) groups is 1. The van der Waals surface area contributed by atoms with Crippen molar-refractivity contribution in [3.8, 4) is 5.75 Å². The Labute approximate surface area is 144 Å². The Hall–Kier alpha value is -3.15. The summed E-state index contributed by atoms with van der Waals surface area (Å²) in [4.78, 5) is 12.2. The Kier molecular flexibility index (Phi) is 3.93. The molecule has 0 aliphatic heterocycles. The van der Waals surface area contributed by atoms with Crippen LogP contribution in [0.4, 0.5) is 0 Å². The van der Waals surface area contributed by atoms with E-state index in [1.54, 1.807) is 19.4 Å². The molecule has 0 saturated heterocycles. The molecule has 1 fully saturated rings. The first-order valence-electron chi connectivity index (χ1n) is 8.20. The number of nitrogens with one attached hydrogen (secondary N) is 2. The number of rotatable bonds is 5. The highest BCUT2D eigenvalue weighted by atomic mass is 16.5. The number of amides is 1. The van der Waals surface area contributed by atoms with E-state index in [1.807, 2.05) is 36.4 Å². The molecular formula is C19H18N4O2. The maximum absolute atomic E-state index is 12.2. The third-order valence-electron chi connectivity index (χ3n) is 4.36. The fourth-order valence-electron chi connectivity index (χ4n) is 2.86. The van der Waals surface area contributed by atoms with E-state index in [9.17, 15) is 4.79 Å². The van der Waals surface area contributed by atoms with Crippen molar-refractivity contribution >= 4 is 22.9 Å². The number of aromatic nitrogens is 2. The molecule has 0 spiro atoms. The number of hydrogen-bond acceptors (Lipinski definition) is 4. The van der Waals surface area contributed by atoms with E-state index in [1.165, 1.54) is 0 Å². The van der Waals surface area contributed by atoms with Crippen molar-refractivity contribution in [1.29, 1.82) is 0 Å². The van der Waals surface area contributed by atoms with Crippen LogP contribution in [0.25, 0.3) is 10.8 Å². The normalized spacial score (nSPS) is 14.1. The molecule has 6 nitrogen and oxygen atoms in total. The number of hydrazone groups is 1. The molecule has 1 aliphatic rings. The summed E-state index contributed by atoms with van der Waals surface area (Å²) in [5.74, 6) is 0.892. The number of hydrogen-bond donors (Lipinski definition) is 2. The van der Waals surface area contributed by atoms with Gasteiger partial charge < -0.3 is 4.74 Å². The molecule has 1 aliphatic carbocycles. The summed E-state index contributed by atoms with van der Waals surface area (Å²) in [6.07, 6.45) is 3.91. The van der Waals surface area contributed by atoms with Crippen molar-refractivity contribution < 1.29 is 9.53 Å². The summed E-state index contributed by atoms with van der Waals surface area (Å²) < 4.78 is 5.41. The summed E-state index contributed by atoms with van der Waals surface area (Å²) >= 11 is 0. The molecule has 1 aromatic heterocycles. The largest absolute Gasteiger partial charge is 0.496 e. The molecule has 0 radical (unpaired) electrons. The first-order valence-corrected chi connectivity index (χ1v) is 8.20. The Bertz CT molecular complexity index is 957. The van der Waals surface area contributed by atoms with Crippen LogP contribution >= 0.6 is 0 Å². The molecule has 0 unspecified atom stereocenters. The number of nitrogens with zero attached hydrogens (tertiary/aromatic N) is 2. The van der Waals surface area contributed by atoms with Crippen molar-refractivity contribution in [2.75, 3.05) is 7.11 Å². The molecule has 6 heteroatoms. The standard InChI is InChI=1S/C19H18N4O2/c1-25-18-9-8-12-4-2-3-5-14(12)15(18)11-20-23-19(24)17-10-16(21-22-17)13-6-7-13/h2-5,8-11,13H,6-7H2,1H3,(H,21,22)(H,23,24). The molecular weight excluding hydrogens is 316 g/mol. The van der Waals surface area contributed by atoms with E-state index in [0.29, 0.717) is 17.4 Å². The number of H-pyrrole nitrogens is 1. The Morgan fingerprint density at radius 3 is 2.96 bits per heavy atom. The highest BCUT2D eigenvalue weighted by Crippen LogP contribution is 2.38. The van der Waals surface area contributed by atoms with Crippen molar-refractivity contribution in [1.82, 2.24) is 15.6 Å². The second-order valence-corrected chi connectivity index (χ2v) is 6.08. The van der Waals surface area contributed by atoms with Gasteiger partial charge in [-0.25, -0.2) is 5.43 Å². The van der Waals surface area contributed by atoms with Crippen molar-refractivity contribution in [3.05, 3.63) is 59.4 Å². The molecule has 2 aromatic carbocycles. The van der Waals surface area contributed by atoms with E-state index >= 15 is 0 Å². The Morgan fingerprint density at radius 2 is 2.16 bits per heavy atom. The van der Waals surface area contributed by atoms with Crippen LogP contribution in [-0.2, 0) is 0 Å². The van der Waals surface area contributed by atoms with Gasteiger partial charge in [0.15, 0.2) is 5.69 Å². The maximum atomic E-state index is 12.2. The molecule has 126 valence electrons. The molecule has 1 saturated carbocycles. The summed E-state index contributed by atoms with van der Waals surface area (Å²) in [7, 11) is 1.61. The van der Waals surface area contributed by atoms with Gasteiger partial charge in [-0.15, -0.1) is 0 Å². The van der Waals surface area contributed by atoms with Crippen LogP contribution in [0.2, 0.25) is 0 Å². The van der Waals surface area contributed by atoms with Gasteiger partial charge in [-0.1, -0.05) is 30.3 Å². The lowest BCUT2D eigenvalue weighted by Crippen LogP contribution is -2.18. The van der Waals surface area contributed by atoms with Gasteiger partial charge >= 0.3 is 0 Å². The number of methoxy groups -OCH3 is 1. The van der Waals surface area contributed by atoms with E-state index in [4.69, 9.17) is 4.74 Å². The van der Waals surface area contributed by atoms with Crippen molar-refractivity contribution in [3.63, 3.8) is 0 Å². The second kappa shape index (κ2) is 6.39. The van der Waals surface area contributed by atoms with Crippen LogP contribution in [0, 0.1) is 0 Å². The van der Waals surface area contributed by atoms with Crippen molar-refractivity contribution in [2.24, 2.45) is 5.10 Å². The summed E-state index contributed by atoms with van der Waals surface area (Å²) in [5, 5.41) is 13.1. The topological polar surface area (TPSA) is 79.4 Å². The summed E-state index contributed by atoms with van der Waals surface area (Å²) in [6.45, 7) is 0. The SMILES string of the molecule is COc1ccc2ccccc2c1C=NNC(=O)c1cc(C2CC2)[nH]n1. The molecule has 1 heterocycles. The third kappa shape index (κ3) is 3.10. The van der Waals surface area contributed by atoms with Gasteiger partial charge in [0, 0.05) is 17.2 Å². The smallest absolute Gasteiger partial charge is 0.291 e. The zero-order chi connectivity index (χ0) is 17.2. The van der Waals surface area contributed by atoms with E-state index in [-0.39, 0.29) is 5.91 Å². The zero-order valence-electron chi connectivity index (χ0n) is 13.8. The van der Waals surface area contributed by atoms with E-state index in [0.717, 1.165) is 34.9 Å². The van der Waals surface area contributed by atoms with E-state index < -0.39 is 0 Å². The van der Waals surface area contributed by atoms with Crippen LogP contribution in [0.1, 0.15) is 40.5 Å². The number of carbonyl (C=O) groups excluding carboxylic acids is 1. The predicted octanol–water partition coefficient (Wildman–Crippen LogP) is 3.21. The number of fused-ring (bicyclic) bond motifs is 1. The van der Waals surface area contributed by atoms with Gasteiger partial charge in [0.25, 0.3) is 5.91 Å². The monoisotopic (exact) mass is 334 g/mol. The molecule has 0 bridgehead atoms. The Balaban J connectivity index is 1.54.